The smallest absolute Gasteiger partial charge is 0.0705 e. The summed E-state index contributed by atoms with van der Waals surface area (Å²) in [6, 6.07) is 0.540. The minimum absolute atomic E-state index is 0.540. The molecular formula is C11H25NO. The third-order valence-electron chi connectivity index (χ3n) is 2.07. The molecular weight excluding hydrogens is 162 g/mol. The summed E-state index contributed by atoms with van der Waals surface area (Å²) in [5, 5.41) is 0. The molecule has 0 rings (SSSR count). The van der Waals surface area contributed by atoms with Crippen molar-refractivity contribution in [3.63, 3.8) is 0 Å². The van der Waals surface area contributed by atoms with Crippen molar-refractivity contribution >= 4 is 0 Å². The molecule has 2 nitrogen and oxygen atoms in total. The van der Waals surface area contributed by atoms with Crippen molar-refractivity contribution in [2.24, 2.45) is 5.92 Å². The van der Waals surface area contributed by atoms with E-state index < -0.39 is 0 Å². The Labute approximate surface area is 83.0 Å². The van der Waals surface area contributed by atoms with Gasteiger partial charge in [0.05, 0.1) is 6.61 Å². The number of hydrogen-bond donors (Lipinski definition) is 1. The Morgan fingerprint density at radius 3 is 2.38 bits per heavy atom. The molecule has 0 aliphatic carbocycles. The first-order chi connectivity index (χ1) is 6.20. The molecule has 80 valence electrons. The summed E-state index contributed by atoms with van der Waals surface area (Å²) in [6.07, 6.45) is 4.93. The molecule has 0 saturated carbocycles. The molecule has 0 aromatic rings. The lowest BCUT2D eigenvalue weighted by molar-refractivity contribution is -0.00211. The standard InChI is InChI=1S/C11H25NO/c1-5-7-8-11(6-2)12-13-9-10(3)4/h10-12H,5-9H2,1-4H3. The second-order valence-electron chi connectivity index (χ2n) is 4.07. The Morgan fingerprint density at radius 2 is 1.92 bits per heavy atom. The van der Waals surface area contributed by atoms with Gasteiger partial charge in [0.25, 0.3) is 0 Å². The Kier molecular flexibility index (Phi) is 8.46. The highest BCUT2D eigenvalue weighted by molar-refractivity contribution is 4.58. The molecule has 0 amide bonds. The average molecular weight is 187 g/mol. The summed E-state index contributed by atoms with van der Waals surface area (Å²) < 4.78 is 0. The SMILES string of the molecule is CCCCC(CC)NOCC(C)C. The van der Waals surface area contributed by atoms with Gasteiger partial charge in [-0.2, -0.15) is 5.48 Å². The molecule has 1 N–H and O–H groups in total. The van der Waals surface area contributed by atoms with E-state index in [0.29, 0.717) is 12.0 Å². The van der Waals surface area contributed by atoms with Gasteiger partial charge in [-0.05, 0) is 18.8 Å². The first kappa shape index (κ1) is 12.9. The van der Waals surface area contributed by atoms with Crippen molar-refractivity contribution in [2.45, 2.75) is 59.4 Å². The molecule has 1 unspecified atom stereocenters. The molecule has 0 aromatic carbocycles. The molecule has 0 saturated heterocycles. The minimum Gasteiger partial charge on any atom is -0.301 e. The van der Waals surface area contributed by atoms with Gasteiger partial charge in [-0.3, -0.25) is 0 Å². The Bertz CT molecular complexity index is 104. The normalized spacial score (nSPS) is 13.6. The van der Waals surface area contributed by atoms with Crippen LogP contribution in [0.4, 0.5) is 0 Å². The van der Waals surface area contributed by atoms with E-state index in [4.69, 9.17) is 4.84 Å². The van der Waals surface area contributed by atoms with Gasteiger partial charge in [0, 0.05) is 6.04 Å². The van der Waals surface area contributed by atoms with Gasteiger partial charge in [0.15, 0.2) is 0 Å². The fourth-order valence-corrected chi connectivity index (χ4v) is 1.13. The molecule has 0 aliphatic heterocycles. The van der Waals surface area contributed by atoms with Crippen LogP contribution < -0.4 is 5.48 Å². The van der Waals surface area contributed by atoms with Crippen molar-refractivity contribution in [1.82, 2.24) is 5.48 Å². The third-order valence-corrected chi connectivity index (χ3v) is 2.07. The topological polar surface area (TPSA) is 21.3 Å². The summed E-state index contributed by atoms with van der Waals surface area (Å²) in [7, 11) is 0. The Balaban J connectivity index is 3.36. The zero-order chi connectivity index (χ0) is 10.1. The van der Waals surface area contributed by atoms with Crippen molar-refractivity contribution in [2.75, 3.05) is 6.61 Å². The first-order valence-electron chi connectivity index (χ1n) is 5.58. The third kappa shape index (κ3) is 8.26. The van der Waals surface area contributed by atoms with Crippen LogP contribution >= 0.6 is 0 Å². The predicted molar refractivity (Wildman–Crippen MR) is 57.5 cm³/mol. The van der Waals surface area contributed by atoms with E-state index in [1.807, 2.05) is 0 Å². The Hall–Kier alpha value is -0.0800. The number of rotatable bonds is 8. The van der Waals surface area contributed by atoms with Crippen molar-refractivity contribution in [3.8, 4) is 0 Å². The van der Waals surface area contributed by atoms with Crippen LogP contribution in [-0.2, 0) is 4.84 Å². The van der Waals surface area contributed by atoms with E-state index in [1.54, 1.807) is 0 Å². The largest absolute Gasteiger partial charge is 0.301 e. The van der Waals surface area contributed by atoms with Crippen LogP contribution in [0.2, 0.25) is 0 Å². The summed E-state index contributed by atoms with van der Waals surface area (Å²) in [5.41, 5.74) is 3.14. The molecule has 0 heterocycles. The highest BCUT2D eigenvalue weighted by Crippen LogP contribution is 2.04. The minimum atomic E-state index is 0.540. The molecule has 0 fully saturated rings. The number of hydrogen-bond acceptors (Lipinski definition) is 2. The molecule has 0 bridgehead atoms. The van der Waals surface area contributed by atoms with E-state index >= 15 is 0 Å². The fraction of sp³-hybridized carbons (Fsp3) is 1.00. The molecule has 1 atom stereocenters. The van der Waals surface area contributed by atoms with Crippen LogP contribution in [0.15, 0.2) is 0 Å². The first-order valence-corrected chi connectivity index (χ1v) is 5.58. The van der Waals surface area contributed by atoms with Gasteiger partial charge in [0.1, 0.15) is 0 Å². The van der Waals surface area contributed by atoms with Gasteiger partial charge in [-0.1, -0.05) is 40.5 Å². The number of unbranched alkanes of at least 4 members (excludes halogenated alkanes) is 1. The summed E-state index contributed by atoms with van der Waals surface area (Å²) >= 11 is 0. The van der Waals surface area contributed by atoms with Gasteiger partial charge in [-0.25, -0.2) is 0 Å². The Morgan fingerprint density at radius 1 is 1.23 bits per heavy atom. The van der Waals surface area contributed by atoms with E-state index in [9.17, 15) is 0 Å². The fourth-order valence-electron chi connectivity index (χ4n) is 1.13. The van der Waals surface area contributed by atoms with Crippen molar-refractivity contribution in [3.05, 3.63) is 0 Å². The van der Waals surface area contributed by atoms with Crippen LogP contribution in [0.25, 0.3) is 0 Å². The van der Waals surface area contributed by atoms with Gasteiger partial charge in [0.2, 0.25) is 0 Å². The molecule has 13 heavy (non-hydrogen) atoms. The van der Waals surface area contributed by atoms with E-state index in [1.165, 1.54) is 19.3 Å². The van der Waals surface area contributed by atoms with E-state index in [0.717, 1.165) is 13.0 Å². The van der Waals surface area contributed by atoms with Crippen LogP contribution in [0.1, 0.15) is 53.4 Å². The van der Waals surface area contributed by atoms with Crippen LogP contribution in [0.3, 0.4) is 0 Å². The maximum atomic E-state index is 5.40. The summed E-state index contributed by atoms with van der Waals surface area (Å²) in [4.78, 5) is 5.40. The van der Waals surface area contributed by atoms with Gasteiger partial charge in [-0.15, -0.1) is 0 Å². The van der Waals surface area contributed by atoms with Crippen LogP contribution in [0, 0.1) is 5.92 Å². The molecule has 0 aromatic heterocycles. The van der Waals surface area contributed by atoms with Gasteiger partial charge < -0.3 is 4.84 Å². The number of hydroxylamine groups is 1. The lowest BCUT2D eigenvalue weighted by Gasteiger charge is -2.17. The van der Waals surface area contributed by atoms with Crippen LogP contribution in [0.5, 0.6) is 0 Å². The molecule has 0 spiro atoms. The molecule has 0 aliphatic rings. The highest BCUT2D eigenvalue weighted by atomic mass is 16.6. The van der Waals surface area contributed by atoms with E-state index in [2.05, 4.69) is 33.2 Å². The van der Waals surface area contributed by atoms with Crippen molar-refractivity contribution in [1.29, 1.82) is 0 Å². The number of nitrogens with one attached hydrogen (secondary N) is 1. The molecule has 0 radical (unpaired) electrons. The second kappa shape index (κ2) is 8.52. The average Bonchev–Trinajstić information content (AvgIpc) is 2.10. The maximum absolute atomic E-state index is 5.40. The highest BCUT2D eigenvalue weighted by Gasteiger charge is 2.04. The lowest BCUT2D eigenvalue weighted by atomic mass is 10.1. The lowest BCUT2D eigenvalue weighted by Crippen LogP contribution is -2.29. The summed E-state index contributed by atoms with van der Waals surface area (Å²) in [5.74, 6) is 0.608. The maximum Gasteiger partial charge on any atom is 0.0705 e. The van der Waals surface area contributed by atoms with Crippen LogP contribution in [-0.4, -0.2) is 12.6 Å². The molecule has 2 heteroatoms. The predicted octanol–water partition coefficient (Wildman–Crippen LogP) is 3.13. The second-order valence-corrected chi connectivity index (χ2v) is 4.07. The van der Waals surface area contributed by atoms with E-state index in [-0.39, 0.29) is 0 Å². The zero-order valence-corrected chi connectivity index (χ0v) is 9.60. The zero-order valence-electron chi connectivity index (χ0n) is 9.60. The quantitative estimate of drug-likeness (QED) is 0.589. The van der Waals surface area contributed by atoms with Gasteiger partial charge >= 0.3 is 0 Å². The monoisotopic (exact) mass is 187 g/mol. The van der Waals surface area contributed by atoms with Crippen molar-refractivity contribution < 1.29 is 4.84 Å². The summed E-state index contributed by atoms with van der Waals surface area (Å²) in [6.45, 7) is 9.56.